The zero-order valence-corrected chi connectivity index (χ0v) is 19.5. The van der Waals surface area contributed by atoms with Crippen LogP contribution in [0.5, 0.6) is 0 Å². The van der Waals surface area contributed by atoms with Crippen LogP contribution in [-0.2, 0) is 9.47 Å². The highest BCUT2D eigenvalue weighted by molar-refractivity contribution is 4.92. The molecule has 4 heteroatoms. The minimum Gasteiger partial charge on any atom is -0.374 e. The predicted octanol–water partition coefficient (Wildman–Crippen LogP) is 4.57. The van der Waals surface area contributed by atoms with Crippen molar-refractivity contribution < 1.29 is 9.47 Å². The van der Waals surface area contributed by atoms with E-state index in [9.17, 15) is 0 Å². The van der Waals surface area contributed by atoms with Gasteiger partial charge in [0, 0.05) is 37.3 Å². The maximum atomic E-state index is 6.15. The summed E-state index contributed by atoms with van der Waals surface area (Å²) in [6, 6.07) is 0. The van der Waals surface area contributed by atoms with Gasteiger partial charge < -0.3 is 9.47 Å². The standard InChI is InChI=1S/C22H46N2O2/c1-18(26-20(5,6)7)16-21(8,9)23-12-14-24(15-13-23)22(10,11)17-25-19(2,3)4/h18H,12-17H2,1-11H3. The maximum Gasteiger partial charge on any atom is 0.0652 e. The molecule has 0 bridgehead atoms. The van der Waals surface area contributed by atoms with Crippen molar-refractivity contribution in [3.63, 3.8) is 0 Å². The summed E-state index contributed by atoms with van der Waals surface area (Å²) in [7, 11) is 0. The molecule has 0 amide bonds. The number of hydrogen-bond donors (Lipinski definition) is 0. The van der Waals surface area contributed by atoms with Gasteiger partial charge in [-0.15, -0.1) is 0 Å². The molecular weight excluding hydrogens is 324 g/mol. The molecule has 0 aliphatic carbocycles. The van der Waals surface area contributed by atoms with Crippen LogP contribution in [0.1, 0.15) is 82.6 Å². The molecule has 0 N–H and O–H groups in total. The number of hydrogen-bond acceptors (Lipinski definition) is 4. The maximum absolute atomic E-state index is 6.15. The van der Waals surface area contributed by atoms with E-state index in [4.69, 9.17) is 9.47 Å². The number of nitrogens with zero attached hydrogens (tertiary/aromatic N) is 2. The van der Waals surface area contributed by atoms with Crippen molar-refractivity contribution in [2.75, 3.05) is 32.8 Å². The van der Waals surface area contributed by atoms with Gasteiger partial charge in [-0.05, 0) is 82.6 Å². The van der Waals surface area contributed by atoms with Crippen LogP contribution in [0.4, 0.5) is 0 Å². The molecule has 4 nitrogen and oxygen atoms in total. The molecule has 1 aliphatic heterocycles. The van der Waals surface area contributed by atoms with Gasteiger partial charge in [0.2, 0.25) is 0 Å². The first-order valence-corrected chi connectivity index (χ1v) is 10.3. The second kappa shape index (κ2) is 8.46. The van der Waals surface area contributed by atoms with Crippen molar-refractivity contribution in [1.29, 1.82) is 0 Å². The first kappa shape index (κ1) is 23.9. The summed E-state index contributed by atoms with van der Waals surface area (Å²) in [5.41, 5.74) is 0.0739. The highest BCUT2D eigenvalue weighted by Gasteiger charge is 2.36. The van der Waals surface area contributed by atoms with Crippen LogP contribution >= 0.6 is 0 Å². The largest absolute Gasteiger partial charge is 0.374 e. The van der Waals surface area contributed by atoms with Crippen LogP contribution in [-0.4, -0.2) is 71.0 Å². The van der Waals surface area contributed by atoms with Crippen LogP contribution < -0.4 is 0 Å². The van der Waals surface area contributed by atoms with Crippen LogP contribution in [0.2, 0.25) is 0 Å². The van der Waals surface area contributed by atoms with Gasteiger partial charge in [0.25, 0.3) is 0 Å². The molecule has 1 heterocycles. The molecule has 0 saturated carbocycles. The predicted molar refractivity (Wildman–Crippen MR) is 112 cm³/mol. The van der Waals surface area contributed by atoms with Crippen LogP contribution in [0, 0.1) is 0 Å². The van der Waals surface area contributed by atoms with Crippen LogP contribution in [0.3, 0.4) is 0 Å². The minimum atomic E-state index is -0.0791. The van der Waals surface area contributed by atoms with E-state index < -0.39 is 0 Å². The molecule has 0 aromatic carbocycles. The lowest BCUT2D eigenvalue weighted by Gasteiger charge is -2.49. The van der Waals surface area contributed by atoms with E-state index >= 15 is 0 Å². The molecule has 0 radical (unpaired) electrons. The van der Waals surface area contributed by atoms with E-state index in [2.05, 4.69) is 86.0 Å². The third-order valence-electron chi connectivity index (χ3n) is 5.19. The lowest BCUT2D eigenvalue weighted by Crippen LogP contribution is -2.61. The molecule has 1 unspecified atom stereocenters. The Labute approximate surface area is 163 Å². The third kappa shape index (κ3) is 8.24. The smallest absolute Gasteiger partial charge is 0.0652 e. The summed E-state index contributed by atoms with van der Waals surface area (Å²) in [4.78, 5) is 5.22. The van der Waals surface area contributed by atoms with Gasteiger partial charge >= 0.3 is 0 Å². The average molecular weight is 371 g/mol. The fourth-order valence-electron chi connectivity index (χ4n) is 3.88. The molecule has 1 atom stereocenters. The third-order valence-corrected chi connectivity index (χ3v) is 5.19. The fraction of sp³-hybridized carbons (Fsp3) is 1.00. The second-order valence-electron chi connectivity index (χ2n) is 11.2. The number of rotatable bonds is 7. The van der Waals surface area contributed by atoms with Crippen molar-refractivity contribution >= 4 is 0 Å². The minimum absolute atomic E-state index is 0.0755. The fourth-order valence-corrected chi connectivity index (χ4v) is 3.88. The van der Waals surface area contributed by atoms with Crippen molar-refractivity contribution in [2.45, 2.75) is 111 Å². The van der Waals surface area contributed by atoms with E-state index in [0.717, 1.165) is 39.2 Å². The monoisotopic (exact) mass is 370 g/mol. The van der Waals surface area contributed by atoms with Crippen molar-refractivity contribution in [3.8, 4) is 0 Å². The Kier molecular flexibility index (Phi) is 7.77. The number of piperazine rings is 1. The van der Waals surface area contributed by atoms with Gasteiger partial charge in [-0.25, -0.2) is 0 Å². The molecular formula is C22H46N2O2. The Morgan fingerprint density at radius 2 is 1.12 bits per heavy atom. The van der Waals surface area contributed by atoms with Crippen molar-refractivity contribution in [2.24, 2.45) is 0 Å². The quantitative estimate of drug-likeness (QED) is 0.655. The lowest BCUT2D eigenvalue weighted by molar-refractivity contribution is -0.0908. The molecule has 0 aromatic rings. The van der Waals surface area contributed by atoms with E-state index in [-0.39, 0.29) is 28.4 Å². The summed E-state index contributed by atoms with van der Waals surface area (Å²) < 4.78 is 12.2. The van der Waals surface area contributed by atoms with Gasteiger partial charge in [-0.1, -0.05) is 0 Å². The zero-order chi connectivity index (χ0) is 20.4. The summed E-state index contributed by atoms with van der Waals surface area (Å²) in [6.07, 6.45) is 1.32. The molecule has 1 rings (SSSR count). The molecule has 26 heavy (non-hydrogen) atoms. The van der Waals surface area contributed by atoms with Gasteiger partial charge in [0.05, 0.1) is 23.9 Å². The molecule has 156 valence electrons. The van der Waals surface area contributed by atoms with E-state index in [1.165, 1.54) is 0 Å². The highest BCUT2D eigenvalue weighted by atomic mass is 16.5. The van der Waals surface area contributed by atoms with E-state index in [1.54, 1.807) is 0 Å². The number of ether oxygens (including phenoxy) is 2. The zero-order valence-electron chi connectivity index (χ0n) is 19.5. The Bertz CT molecular complexity index is 424. The van der Waals surface area contributed by atoms with Crippen LogP contribution in [0.25, 0.3) is 0 Å². The van der Waals surface area contributed by atoms with Gasteiger partial charge in [0.1, 0.15) is 0 Å². The van der Waals surface area contributed by atoms with E-state index in [1.807, 2.05) is 0 Å². The summed E-state index contributed by atoms with van der Waals surface area (Å²) in [6.45, 7) is 29.5. The SMILES string of the molecule is CC(CC(C)(C)N1CCN(C(C)(C)COC(C)(C)C)CC1)OC(C)(C)C. The second-order valence-corrected chi connectivity index (χ2v) is 11.2. The lowest BCUT2D eigenvalue weighted by atomic mass is 9.93. The Morgan fingerprint density at radius 3 is 1.50 bits per heavy atom. The Morgan fingerprint density at radius 1 is 0.692 bits per heavy atom. The molecule has 0 aromatic heterocycles. The van der Waals surface area contributed by atoms with Crippen molar-refractivity contribution in [1.82, 2.24) is 9.80 Å². The summed E-state index contributed by atoms with van der Waals surface area (Å²) in [5, 5.41) is 0. The topological polar surface area (TPSA) is 24.9 Å². The normalized spacial score (nSPS) is 20.4. The Balaban J connectivity index is 2.56. The summed E-state index contributed by atoms with van der Waals surface area (Å²) in [5.74, 6) is 0. The van der Waals surface area contributed by atoms with Crippen molar-refractivity contribution in [3.05, 3.63) is 0 Å². The van der Waals surface area contributed by atoms with Gasteiger partial charge in [0.15, 0.2) is 0 Å². The van der Waals surface area contributed by atoms with Crippen LogP contribution in [0.15, 0.2) is 0 Å². The average Bonchev–Trinajstić information content (AvgIpc) is 2.42. The first-order chi connectivity index (χ1) is 11.5. The molecule has 1 fully saturated rings. The first-order valence-electron chi connectivity index (χ1n) is 10.3. The van der Waals surface area contributed by atoms with E-state index in [0.29, 0.717) is 0 Å². The Hall–Kier alpha value is -0.160. The molecule has 1 saturated heterocycles. The summed E-state index contributed by atoms with van der Waals surface area (Å²) >= 11 is 0. The molecule has 1 aliphatic rings. The highest BCUT2D eigenvalue weighted by Crippen LogP contribution is 2.28. The van der Waals surface area contributed by atoms with Gasteiger partial charge in [-0.2, -0.15) is 0 Å². The van der Waals surface area contributed by atoms with Gasteiger partial charge in [-0.3, -0.25) is 9.80 Å². The molecule has 0 spiro atoms.